The molecule has 0 atom stereocenters. The first-order chi connectivity index (χ1) is 24.7. The summed E-state index contributed by atoms with van der Waals surface area (Å²) in [5.41, 5.74) is 1.89. The molecule has 5 aromatic rings. The van der Waals surface area contributed by atoms with E-state index in [0.717, 1.165) is 19.7 Å². The molecule has 14 heteroatoms. The summed E-state index contributed by atoms with van der Waals surface area (Å²) in [5.74, 6) is -2.03. The van der Waals surface area contributed by atoms with E-state index in [-0.39, 0.29) is 48.7 Å². The van der Waals surface area contributed by atoms with Crippen LogP contribution < -0.4 is 0 Å². The first kappa shape index (κ1) is 36.4. The van der Waals surface area contributed by atoms with Crippen LogP contribution in [0, 0.1) is 0 Å². The Morgan fingerprint density at radius 1 is 0.654 bits per heavy atom. The standard InChI is InChI=1S/C22H17NO4S.C16H11Cl2NO4S/c1-23-20(22(25)18-9-5-6-10-19(18)28(23,26)27)21(24)17-13-11-16(12-14-17)15-7-3-2-4-8-15;1-19-14(15(20)10-7-6-9(17)8-12(10)18)16(21)11-4-2-3-5-13(11)24(19,22)23/h2-14,24H,1H3;2-8,21H,1H3. The van der Waals surface area contributed by atoms with Gasteiger partial charge in [-0.15, -0.1) is 0 Å². The molecule has 2 heterocycles. The second-order valence-electron chi connectivity index (χ2n) is 11.6. The second kappa shape index (κ2) is 14.0. The number of hydrogen-bond donors (Lipinski definition) is 2. The van der Waals surface area contributed by atoms with Crippen molar-refractivity contribution < 1.29 is 36.6 Å². The summed E-state index contributed by atoms with van der Waals surface area (Å²) in [6.45, 7) is 0. The molecule has 0 fully saturated rings. The quantitative estimate of drug-likeness (QED) is 0.107. The lowest BCUT2D eigenvalue weighted by Gasteiger charge is -2.28. The number of likely N-dealkylation sites (N-methyl/N-ethyl adjacent to an activating group) is 2. The molecule has 10 nitrogen and oxygen atoms in total. The van der Waals surface area contributed by atoms with Crippen LogP contribution in [0.5, 0.6) is 0 Å². The molecular weight excluding hydrogens is 747 g/mol. The van der Waals surface area contributed by atoms with Gasteiger partial charge in [-0.05, 0) is 53.6 Å². The van der Waals surface area contributed by atoms with Crippen LogP contribution >= 0.6 is 23.2 Å². The smallest absolute Gasteiger partial charge is 0.265 e. The van der Waals surface area contributed by atoms with Gasteiger partial charge in [0.1, 0.15) is 11.4 Å². The largest absolute Gasteiger partial charge is 0.505 e. The predicted molar refractivity (Wildman–Crippen MR) is 199 cm³/mol. The Morgan fingerprint density at radius 2 is 1.17 bits per heavy atom. The van der Waals surface area contributed by atoms with E-state index in [4.69, 9.17) is 23.2 Å². The van der Waals surface area contributed by atoms with Crippen molar-refractivity contribution in [3.8, 4) is 11.1 Å². The SMILES string of the molecule is CN1C(=C(O)c2ccc(-c3ccccc3)cc2)C(=O)c2ccccc2S1(=O)=O.CN1C(C(=O)c2ccc(Cl)cc2Cl)=C(O)c2ccccc2S1(=O)=O. The number of sulfonamides is 2. The van der Waals surface area contributed by atoms with E-state index < -0.39 is 37.4 Å². The number of carbonyl (C=O) groups is 2. The van der Waals surface area contributed by atoms with Gasteiger partial charge in [-0.3, -0.25) is 18.2 Å². The fourth-order valence-electron chi connectivity index (χ4n) is 5.75. The van der Waals surface area contributed by atoms with E-state index in [0.29, 0.717) is 10.6 Å². The maximum Gasteiger partial charge on any atom is 0.265 e. The lowest BCUT2D eigenvalue weighted by atomic mass is 10.0. The highest BCUT2D eigenvalue weighted by Gasteiger charge is 2.40. The summed E-state index contributed by atoms with van der Waals surface area (Å²) in [6, 6.07) is 32.8. The molecule has 0 radical (unpaired) electrons. The fourth-order valence-corrected chi connectivity index (χ4v) is 9.03. The molecule has 264 valence electrons. The van der Waals surface area contributed by atoms with E-state index in [1.54, 1.807) is 36.4 Å². The number of ketones is 2. The van der Waals surface area contributed by atoms with E-state index in [1.807, 2.05) is 42.5 Å². The molecule has 0 aliphatic carbocycles. The van der Waals surface area contributed by atoms with E-state index >= 15 is 0 Å². The number of nitrogens with zero attached hydrogens (tertiary/aromatic N) is 2. The molecule has 0 aromatic heterocycles. The maximum atomic E-state index is 12.9. The monoisotopic (exact) mass is 774 g/mol. The van der Waals surface area contributed by atoms with Gasteiger partial charge in [-0.25, -0.2) is 16.8 Å². The zero-order chi connectivity index (χ0) is 37.5. The molecule has 2 aliphatic rings. The summed E-state index contributed by atoms with van der Waals surface area (Å²) in [7, 11) is -5.39. The number of benzene rings is 5. The zero-order valence-corrected chi connectivity index (χ0v) is 30.5. The number of aliphatic hydroxyl groups excluding tert-OH is 2. The first-order valence-corrected chi connectivity index (χ1v) is 19.0. The van der Waals surface area contributed by atoms with Gasteiger partial charge in [0.05, 0.1) is 14.8 Å². The average molecular weight is 776 g/mol. The topological polar surface area (TPSA) is 149 Å². The Labute approximate surface area is 310 Å². The molecule has 0 amide bonds. The zero-order valence-electron chi connectivity index (χ0n) is 27.4. The van der Waals surface area contributed by atoms with Crippen molar-refractivity contribution in [3.63, 3.8) is 0 Å². The maximum absolute atomic E-state index is 12.9. The molecule has 52 heavy (non-hydrogen) atoms. The number of hydrogen-bond acceptors (Lipinski definition) is 8. The highest BCUT2D eigenvalue weighted by Crippen LogP contribution is 2.37. The number of rotatable bonds is 4. The minimum Gasteiger partial charge on any atom is -0.505 e. The van der Waals surface area contributed by atoms with Crippen molar-refractivity contribution >= 4 is 66.3 Å². The van der Waals surface area contributed by atoms with E-state index in [2.05, 4.69) is 0 Å². The molecule has 2 N–H and O–H groups in total. The van der Waals surface area contributed by atoms with Crippen molar-refractivity contribution in [2.75, 3.05) is 14.1 Å². The van der Waals surface area contributed by atoms with Gasteiger partial charge in [0.15, 0.2) is 11.5 Å². The van der Waals surface area contributed by atoms with Gasteiger partial charge >= 0.3 is 0 Å². The van der Waals surface area contributed by atoms with Crippen LogP contribution in [0.1, 0.15) is 31.8 Å². The normalized spacial score (nSPS) is 16.7. The van der Waals surface area contributed by atoms with Gasteiger partial charge in [-0.2, -0.15) is 0 Å². The summed E-state index contributed by atoms with van der Waals surface area (Å²) < 4.78 is 52.4. The summed E-state index contributed by atoms with van der Waals surface area (Å²) in [5, 5.41) is 21.6. The molecule has 0 unspecified atom stereocenters. The predicted octanol–water partition coefficient (Wildman–Crippen LogP) is 7.83. The molecular formula is C38H28Cl2N2O8S2. The first-order valence-electron chi connectivity index (χ1n) is 15.4. The van der Waals surface area contributed by atoms with Gasteiger partial charge in [0.2, 0.25) is 11.6 Å². The third-order valence-electron chi connectivity index (χ3n) is 8.50. The van der Waals surface area contributed by atoms with Gasteiger partial charge < -0.3 is 10.2 Å². The molecule has 0 saturated heterocycles. The molecule has 0 spiro atoms. The molecule has 0 saturated carbocycles. The summed E-state index contributed by atoms with van der Waals surface area (Å²) in [6.07, 6.45) is 0. The van der Waals surface area contributed by atoms with Crippen molar-refractivity contribution in [3.05, 3.63) is 165 Å². The van der Waals surface area contributed by atoms with Crippen LogP contribution in [-0.2, 0) is 20.0 Å². The number of fused-ring (bicyclic) bond motifs is 2. The Hall–Kier alpha value is -5.40. The molecule has 5 aromatic carbocycles. The van der Waals surface area contributed by atoms with Crippen LogP contribution in [-0.4, -0.2) is 61.3 Å². The van der Waals surface area contributed by atoms with E-state index in [9.17, 15) is 36.6 Å². The Morgan fingerprint density at radius 3 is 1.79 bits per heavy atom. The van der Waals surface area contributed by atoms with Crippen molar-refractivity contribution in [2.45, 2.75) is 9.79 Å². The Bertz CT molecular complexity index is 2550. The average Bonchev–Trinajstić information content (AvgIpc) is 3.14. The fraction of sp³-hybridized carbons (Fsp3) is 0.0526. The highest BCUT2D eigenvalue weighted by molar-refractivity contribution is 7.89. The van der Waals surface area contributed by atoms with Crippen molar-refractivity contribution in [1.29, 1.82) is 0 Å². The number of allylic oxidation sites excluding steroid dienone is 2. The lowest BCUT2D eigenvalue weighted by Crippen LogP contribution is -2.37. The van der Waals surface area contributed by atoms with Crippen LogP contribution in [0.4, 0.5) is 0 Å². The Kier molecular flexibility index (Phi) is 9.77. The Balaban J connectivity index is 0.000000181. The van der Waals surface area contributed by atoms with Crippen LogP contribution in [0.2, 0.25) is 10.0 Å². The molecule has 2 aliphatic heterocycles. The second-order valence-corrected chi connectivity index (χ2v) is 16.3. The number of Topliss-reactive ketones (excluding diaryl/α,β-unsaturated/α-hetero) is 2. The highest BCUT2D eigenvalue weighted by atomic mass is 35.5. The third-order valence-corrected chi connectivity index (χ3v) is 12.7. The molecule has 0 bridgehead atoms. The van der Waals surface area contributed by atoms with E-state index in [1.165, 1.54) is 56.6 Å². The summed E-state index contributed by atoms with van der Waals surface area (Å²) in [4.78, 5) is 25.6. The third kappa shape index (κ3) is 6.34. The molecule has 7 rings (SSSR count). The van der Waals surface area contributed by atoms with Gasteiger partial charge in [0.25, 0.3) is 20.0 Å². The summed E-state index contributed by atoms with van der Waals surface area (Å²) >= 11 is 11.8. The van der Waals surface area contributed by atoms with Crippen LogP contribution in [0.15, 0.2) is 143 Å². The number of halogens is 2. The number of carbonyl (C=O) groups excluding carboxylic acids is 2. The van der Waals surface area contributed by atoms with Crippen LogP contribution in [0.3, 0.4) is 0 Å². The van der Waals surface area contributed by atoms with Gasteiger partial charge in [-0.1, -0.05) is 102 Å². The van der Waals surface area contributed by atoms with Gasteiger partial charge in [0, 0.05) is 41.4 Å². The lowest BCUT2D eigenvalue weighted by molar-refractivity contribution is 0.0998. The minimum absolute atomic E-state index is 0.0454. The van der Waals surface area contributed by atoms with Crippen molar-refractivity contribution in [1.82, 2.24) is 8.61 Å². The van der Waals surface area contributed by atoms with Crippen LogP contribution in [0.25, 0.3) is 22.6 Å². The van der Waals surface area contributed by atoms with Crippen molar-refractivity contribution in [2.24, 2.45) is 0 Å². The number of aliphatic hydroxyl groups is 2. The minimum atomic E-state index is -3.95.